The van der Waals surface area contributed by atoms with Gasteiger partial charge in [-0.25, -0.2) is 19.9 Å². The Morgan fingerprint density at radius 2 is 1.81 bits per heavy atom. The van der Waals surface area contributed by atoms with E-state index in [1.54, 1.807) is 0 Å². The fourth-order valence-electron chi connectivity index (χ4n) is 3.49. The molecule has 1 atom stereocenters. The average molecular weight is 354 g/mol. The van der Waals surface area contributed by atoms with Gasteiger partial charge >= 0.3 is 0 Å². The number of hydrogen-bond acceptors (Lipinski definition) is 5. The van der Waals surface area contributed by atoms with Crippen LogP contribution in [0.3, 0.4) is 0 Å². The molecule has 5 heteroatoms. The van der Waals surface area contributed by atoms with E-state index in [1.165, 1.54) is 11.3 Å². The topological polar surface area (TPSA) is 63.6 Å². The molecule has 0 saturated heterocycles. The van der Waals surface area contributed by atoms with Crippen molar-refractivity contribution in [3.63, 3.8) is 0 Å². The second kappa shape index (κ2) is 7.03. The highest BCUT2D eigenvalue weighted by Crippen LogP contribution is 2.40. The molecule has 2 aromatic rings. The lowest BCUT2D eigenvalue weighted by Crippen LogP contribution is -2.35. The Labute approximate surface area is 157 Å². The van der Waals surface area contributed by atoms with Crippen molar-refractivity contribution in [2.75, 3.05) is 0 Å². The number of rotatable bonds is 4. The maximum atomic E-state index is 4.93. The Kier molecular flexibility index (Phi) is 5.11. The Balaban J connectivity index is 1.81. The van der Waals surface area contributed by atoms with E-state index >= 15 is 0 Å². The molecule has 0 fully saturated rings. The third kappa shape index (κ3) is 4.26. The summed E-state index contributed by atoms with van der Waals surface area (Å²) in [6.07, 6.45) is 8.82. The van der Waals surface area contributed by atoms with Gasteiger partial charge in [0.15, 0.2) is 0 Å². The quantitative estimate of drug-likeness (QED) is 0.902. The van der Waals surface area contributed by atoms with Gasteiger partial charge < -0.3 is 5.32 Å². The predicted molar refractivity (Wildman–Crippen MR) is 104 cm³/mol. The largest absolute Gasteiger partial charge is 0.306 e. The molecule has 140 valence electrons. The first-order chi connectivity index (χ1) is 12.2. The molecule has 0 bridgehead atoms. The van der Waals surface area contributed by atoms with Crippen molar-refractivity contribution >= 4 is 0 Å². The SMILES string of the molecule is CCc1ncc(CN[C@@H]2CC(C)(C)Cc3nc(C(C)(C)C)ncc32)cn1. The number of aromatic nitrogens is 4. The molecular weight excluding hydrogens is 322 g/mol. The molecule has 1 aliphatic carbocycles. The third-order valence-electron chi connectivity index (χ3n) is 4.98. The fraction of sp³-hybridized carbons (Fsp3) is 0.619. The van der Waals surface area contributed by atoms with Gasteiger partial charge in [-0.1, -0.05) is 41.5 Å². The minimum absolute atomic E-state index is 0.0299. The van der Waals surface area contributed by atoms with Crippen LogP contribution in [0.2, 0.25) is 0 Å². The average Bonchev–Trinajstić information content (AvgIpc) is 2.58. The molecule has 0 radical (unpaired) electrons. The van der Waals surface area contributed by atoms with Crippen LogP contribution in [-0.2, 0) is 24.8 Å². The van der Waals surface area contributed by atoms with Crippen LogP contribution >= 0.6 is 0 Å². The Morgan fingerprint density at radius 1 is 1.12 bits per heavy atom. The highest BCUT2D eigenvalue weighted by molar-refractivity contribution is 5.28. The van der Waals surface area contributed by atoms with E-state index in [9.17, 15) is 0 Å². The minimum atomic E-state index is -0.0299. The molecule has 1 N–H and O–H groups in total. The summed E-state index contributed by atoms with van der Waals surface area (Å²) in [7, 11) is 0. The minimum Gasteiger partial charge on any atom is -0.306 e. The van der Waals surface area contributed by atoms with Gasteiger partial charge in [0.1, 0.15) is 11.6 Å². The first-order valence-electron chi connectivity index (χ1n) is 9.57. The van der Waals surface area contributed by atoms with Crippen molar-refractivity contribution in [3.8, 4) is 0 Å². The number of fused-ring (bicyclic) bond motifs is 1. The van der Waals surface area contributed by atoms with E-state index in [0.717, 1.165) is 43.0 Å². The molecule has 0 amide bonds. The molecule has 0 spiro atoms. The lowest BCUT2D eigenvalue weighted by molar-refractivity contribution is 0.251. The van der Waals surface area contributed by atoms with Crippen molar-refractivity contribution in [3.05, 3.63) is 47.1 Å². The third-order valence-corrected chi connectivity index (χ3v) is 4.98. The Hall–Kier alpha value is -1.88. The molecule has 0 aromatic carbocycles. The standard InChI is InChI=1S/C21H31N5/c1-7-18-23-11-14(12-24-18)10-22-16-8-21(5,6)9-17-15(16)13-25-19(26-17)20(2,3)4/h11-13,16,22H,7-10H2,1-6H3/t16-/m1/s1. The van der Waals surface area contributed by atoms with Crippen LogP contribution in [0, 0.1) is 5.41 Å². The van der Waals surface area contributed by atoms with Gasteiger partial charge in [0.05, 0.1) is 0 Å². The predicted octanol–water partition coefficient (Wildman–Crippen LogP) is 3.93. The smallest absolute Gasteiger partial charge is 0.133 e. The number of aryl methyl sites for hydroxylation is 1. The Morgan fingerprint density at radius 3 is 2.42 bits per heavy atom. The van der Waals surface area contributed by atoms with Crippen LogP contribution in [0.25, 0.3) is 0 Å². The highest BCUT2D eigenvalue weighted by atomic mass is 15.0. The first-order valence-corrected chi connectivity index (χ1v) is 9.57. The van der Waals surface area contributed by atoms with Crippen molar-refractivity contribution in [1.82, 2.24) is 25.3 Å². The van der Waals surface area contributed by atoms with Crippen molar-refractivity contribution < 1.29 is 0 Å². The summed E-state index contributed by atoms with van der Waals surface area (Å²) < 4.78 is 0. The Bertz CT molecular complexity index is 759. The molecule has 2 heterocycles. The summed E-state index contributed by atoms with van der Waals surface area (Å²) in [6.45, 7) is 14.0. The van der Waals surface area contributed by atoms with E-state index in [4.69, 9.17) is 4.98 Å². The number of hydrogen-bond donors (Lipinski definition) is 1. The number of nitrogens with zero attached hydrogens (tertiary/aromatic N) is 4. The lowest BCUT2D eigenvalue weighted by atomic mass is 9.74. The summed E-state index contributed by atoms with van der Waals surface area (Å²) in [5.41, 5.74) is 3.73. The summed E-state index contributed by atoms with van der Waals surface area (Å²) in [5, 5.41) is 3.69. The molecule has 3 rings (SSSR count). The van der Waals surface area contributed by atoms with Gasteiger partial charge in [0.2, 0.25) is 0 Å². The fourth-order valence-corrected chi connectivity index (χ4v) is 3.49. The van der Waals surface area contributed by atoms with Gasteiger partial charge in [-0.15, -0.1) is 0 Å². The normalized spacial score (nSPS) is 19.2. The number of nitrogens with one attached hydrogen (secondary N) is 1. The molecular formula is C21H31N5. The van der Waals surface area contributed by atoms with Crippen LogP contribution in [0.4, 0.5) is 0 Å². The summed E-state index contributed by atoms with van der Waals surface area (Å²) in [6, 6.07) is 0.258. The zero-order chi connectivity index (χ0) is 18.9. The van der Waals surface area contributed by atoms with E-state index in [-0.39, 0.29) is 16.9 Å². The van der Waals surface area contributed by atoms with Crippen LogP contribution < -0.4 is 5.32 Å². The molecule has 1 aliphatic rings. The molecule has 0 aliphatic heterocycles. The molecule has 0 unspecified atom stereocenters. The maximum Gasteiger partial charge on any atom is 0.133 e. The molecule has 26 heavy (non-hydrogen) atoms. The van der Waals surface area contributed by atoms with E-state index < -0.39 is 0 Å². The van der Waals surface area contributed by atoms with Gasteiger partial charge in [-0.3, -0.25) is 0 Å². The van der Waals surface area contributed by atoms with Gasteiger partial charge in [-0.2, -0.15) is 0 Å². The molecule has 5 nitrogen and oxygen atoms in total. The van der Waals surface area contributed by atoms with Crippen LogP contribution in [0.5, 0.6) is 0 Å². The zero-order valence-electron chi connectivity index (χ0n) is 16.9. The molecule has 0 saturated carbocycles. The summed E-state index contributed by atoms with van der Waals surface area (Å²) in [5.74, 6) is 1.82. The summed E-state index contributed by atoms with van der Waals surface area (Å²) >= 11 is 0. The van der Waals surface area contributed by atoms with Crippen LogP contribution in [-0.4, -0.2) is 19.9 Å². The zero-order valence-corrected chi connectivity index (χ0v) is 16.9. The first kappa shape index (κ1) is 18.9. The van der Waals surface area contributed by atoms with Gasteiger partial charge in [-0.05, 0) is 18.3 Å². The molecule has 2 aromatic heterocycles. The summed E-state index contributed by atoms with van der Waals surface area (Å²) in [4.78, 5) is 18.4. The maximum absolute atomic E-state index is 4.93. The van der Waals surface area contributed by atoms with E-state index in [1.807, 2.05) is 18.6 Å². The lowest BCUT2D eigenvalue weighted by Gasteiger charge is -2.37. The van der Waals surface area contributed by atoms with Gasteiger partial charge in [0.25, 0.3) is 0 Å². The second-order valence-electron chi connectivity index (χ2n) is 9.19. The van der Waals surface area contributed by atoms with Crippen molar-refractivity contribution in [1.29, 1.82) is 0 Å². The monoisotopic (exact) mass is 353 g/mol. The van der Waals surface area contributed by atoms with E-state index in [0.29, 0.717) is 0 Å². The van der Waals surface area contributed by atoms with Gasteiger partial charge in [0, 0.05) is 59.8 Å². The highest BCUT2D eigenvalue weighted by Gasteiger charge is 2.34. The van der Waals surface area contributed by atoms with Crippen LogP contribution in [0.15, 0.2) is 18.6 Å². The van der Waals surface area contributed by atoms with Crippen molar-refractivity contribution in [2.24, 2.45) is 5.41 Å². The second-order valence-corrected chi connectivity index (χ2v) is 9.19. The van der Waals surface area contributed by atoms with Crippen LogP contribution in [0.1, 0.15) is 82.5 Å². The van der Waals surface area contributed by atoms with E-state index in [2.05, 4.69) is 61.8 Å². The van der Waals surface area contributed by atoms with Crippen molar-refractivity contribution in [2.45, 2.75) is 78.8 Å².